The molecule has 1 aliphatic rings. The van der Waals surface area contributed by atoms with Crippen LogP contribution in [-0.4, -0.2) is 15.1 Å². The summed E-state index contributed by atoms with van der Waals surface area (Å²) >= 11 is 0. The van der Waals surface area contributed by atoms with Gasteiger partial charge in [-0.25, -0.2) is 4.98 Å². The van der Waals surface area contributed by atoms with Gasteiger partial charge in [0.25, 0.3) is 0 Å². The first-order valence-corrected chi connectivity index (χ1v) is 5.86. The summed E-state index contributed by atoms with van der Waals surface area (Å²) < 4.78 is 2.06. The van der Waals surface area contributed by atoms with Crippen LogP contribution in [0.25, 0.3) is 11.0 Å². The largest absolute Gasteiger partial charge is 0.334 e. The lowest BCUT2D eigenvalue weighted by Crippen LogP contribution is -2.22. The molecule has 1 aromatic heterocycles. The van der Waals surface area contributed by atoms with Crippen molar-refractivity contribution in [1.29, 1.82) is 0 Å². The Morgan fingerprint density at radius 1 is 1.44 bits per heavy atom. The Labute approximate surface area is 95.3 Å². The maximum atomic E-state index is 6.12. The summed E-state index contributed by atoms with van der Waals surface area (Å²) in [6.07, 6.45) is 6.38. The van der Waals surface area contributed by atoms with Gasteiger partial charge in [-0.15, -0.1) is 0 Å². The van der Waals surface area contributed by atoms with E-state index in [1.807, 2.05) is 13.4 Å². The Morgan fingerprint density at radius 3 is 3.00 bits per heavy atom. The zero-order chi connectivity index (χ0) is 11.2. The molecule has 0 bridgehead atoms. The number of nitrogens with zero attached hydrogens (tertiary/aromatic N) is 2. The summed E-state index contributed by atoms with van der Waals surface area (Å²) in [5.74, 6) is 0. The van der Waals surface area contributed by atoms with Crippen molar-refractivity contribution in [3.63, 3.8) is 0 Å². The molecule has 0 atom stereocenters. The van der Waals surface area contributed by atoms with Crippen LogP contribution in [-0.2, 0) is 13.5 Å². The number of aromatic nitrogens is 2. The van der Waals surface area contributed by atoms with Gasteiger partial charge in [0.05, 0.1) is 17.4 Å². The number of benzene rings is 1. The number of nitrogens with two attached hydrogens (primary N) is 1. The van der Waals surface area contributed by atoms with E-state index in [2.05, 4.69) is 27.8 Å². The first kappa shape index (κ1) is 9.85. The molecular formula is C13H17N3. The molecule has 3 rings (SSSR count). The van der Waals surface area contributed by atoms with Crippen molar-refractivity contribution < 1.29 is 0 Å². The van der Waals surface area contributed by atoms with Crippen molar-refractivity contribution in [3.8, 4) is 0 Å². The summed E-state index contributed by atoms with van der Waals surface area (Å²) in [4.78, 5) is 4.46. The average molecular weight is 215 g/mol. The van der Waals surface area contributed by atoms with Gasteiger partial charge in [0, 0.05) is 12.6 Å². The van der Waals surface area contributed by atoms with Crippen molar-refractivity contribution in [2.45, 2.75) is 31.2 Å². The third-order valence-corrected chi connectivity index (χ3v) is 3.62. The van der Waals surface area contributed by atoms with Crippen LogP contribution >= 0.6 is 0 Å². The number of aryl methyl sites for hydroxylation is 2. The monoisotopic (exact) mass is 215 g/mol. The van der Waals surface area contributed by atoms with E-state index >= 15 is 0 Å². The first-order chi connectivity index (χ1) is 7.68. The number of para-hydroxylation sites is 1. The lowest BCUT2D eigenvalue weighted by atomic mass is 10.0. The highest BCUT2D eigenvalue weighted by Crippen LogP contribution is 2.37. The fraction of sp³-hybridized carbons (Fsp3) is 0.462. The Hall–Kier alpha value is -1.35. The molecule has 0 spiro atoms. The lowest BCUT2D eigenvalue weighted by Gasteiger charge is -2.08. The highest BCUT2D eigenvalue weighted by Gasteiger charge is 2.37. The van der Waals surface area contributed by atoms with Crippen molar-refractivity contribution in [2.24, 2.45) is 12.8 Å². The lowest BCUT2D eigenvalue weighted by molar-refractivity contribution is 0.610. The van der Waals surface area contributed by atoms with Crippen molar-refractivity contribution >= 4 is 11.0 Å². The van der Waals surface area contributed by atoms with Gasteiger partial charge in [-0.2, -0.15) is 0 Å². The summed E-state index contributed by atoms with van der Waals surface area (Å²) in [5.41, 5.74) is 9.92. The van der Waals surface area contributed by atoms with Gasteiger partial charge in [-0.1, -0.05) is 12.1 Å². The third-order valence-electron chi connectivity index (χ3n) is 3.62. The predicted octanol–water partition coefficient (Wildman–Crippen LogP) is 2.00. The summed E-state index contributed by atoms with van der Waals surface area (Å²) in [6.45, 7) is 0. The van der Waals surface area contributed by atoms with E-state index in [0.29, 0.717) is 0 Å². The molecule has 2 aromatic rings. The summed E-state index contributed by atoms with van der Waals surface area (Å²) in [6, 6.07) is 6.39. The number of fused-ring (bicyclic) bond motifs is 1. The van der Waals surface area contributed by atoms with Crippen LogP contribution in [0.1, 0.15) is 24.8 Å². The molecule has 2 N–H and O–H groups in total. The van der Waals surface area contributed by atoms with Crippen LogP contribution < -0.4 is 5.73 Å². The van der Waals surface area contributed by atoms with E-state index in [9.17, 15) is 0 Å². The van der Waals surface area contributed by atoms with Crippen LogP contribution in [0, 0.1) is 0 Å². The van der Waals surface area contributed by atoms with Crippen LogP contribution in [0.5, 0.6) is 0 Å². The maximum Gasteiger partial charge on any atom is 0.0955 e. The van der Waals surface area contributed by atoms with Gasteiger partial charge >= 0.3 is 0 Å². The molecule has 1 aromatic carbocycles. The molecule has 0 radical (unpaired) electrons. The van der Waals surface area contributed by atoms with Crippen molar-refractivity contribution in [3.05, 3.63) is 30.1 Å². The fourth-order valence-electron chi connectivity index (χ4n) is 2.21. The van der Waals surface area contributed by atoms with Crippen LogP contribution in [0.2, 0.25) is 0 Å². The molecule has 1 aliphatic carbocycles. The topological polar surface area (TPSA) is 43.8 Å². The number of rotatable bonds is 3. The Bertz CT molecular complexity index is 523. The quantitative estimate of drug-likeness (QED) is 0.851. The van der Waals surface area contributed by atoms with Gasteiger partial charge in [0.2, 0.25) is 0 Å². The minimum Gasteiger partial charge on any atom is -0.334 e. The third kappa shape index (κ3) is 1.61. The molecule has 0 amide bonds. The molecule has 1 saturated carbocycles. The Balaban J connectivity index is 1.90. The minimum atomic E-state index is 0.136. The predicted molar refractivity (Wildman–Crippen MR) is 65.2 cm³/mol. The van der Waals surface area contributed by atoms with E-state index in [4.69, 9.17) is 5.73 Å². The van der Waals surface area contributed by atoms with Crippen LogP contribution in [0.15, 0.2) is 24.5 Å². The van der Waals surface area contributed by atoms with E-state index in [1.165, 1.54) is 23.9 Å². The van der Waals surface area contributed by atoms with E-state index < -0.39 is 0 Å². The van der Waals surface area contributed by atoms with Gasteiger partial charge in [-0.3, -0.25) is 0 Å². The molecule has 0 aliphatic heterocycles. The second-order valence-electron chi connectivity index (χ2n) is 5.00. The van der Waals surface area contributed by atoms with Crippen molar-refractivity contribution in [1.82, 2.24) is 9.55 Å². The highest BCUT2D eigenvalue weighted by molar-refractivity contribution is 5.78. The molecule has 1 heterocycles. The standard InChI is InChI=1S/C13H17N3/c1-16-9-15-12-10(3-2-4-11(12)16)5-6-13(14)7-8-13/h2-4,9H,5-8,14H2,1H3. The van der Waals surface area contributed by atoms with Crippen LogP contribution in [0.3, 0.4) is 0 Å². The molecule has 0 unspecified atom stereocenters. The second kappa shape index (κ2) is 3.32. The SMILES string of the molecule is Cn1cnc2c(CCC3(N)CC3)cccc21. The second-order valence-corrected chi connectivity index (χ2v) is 5.00. The molecule has 0 saturated heterocycles. The van der Waals surface area contributed by atoms with E-state index in [-0.39, 0.29) is 5.54 Å². The van der Waals surface area contributed by atoms with Gasteiger partial charge in [0.15, 0.2) is 0 Å². The zero-order valence-corrected chi connectivity index (χ0v) is 9.61. The van der Waals surface area contributed by atoms with Gasteiger partial charge < -0.3 is 10.3 Å². The van der Waals surface area contributed by atoms with E-state index in [0.717, 1.165) is 18.4 Å². The Morgan fingerprint density at radius 2 is 2.25 bits per heavy atom. The molecule has 3 heteroatoms. The Kier molecular flexibility index (Phi) is 2.04. The molecule has 1 fully saturated rings. The van der Waals surface area contributed by atoms with Gasteiger partial charge in [0.1, 0.15) is 0 Å². The normalized spacial score (nSPS) is 17.9. The average Bonchev–Trinajstić information content (AvgIpc) is 2.90. The zero-order valence-electron chi connectivity index (χ0n) is 9.61. The number of hydrogen-bond donors (Lipinski definition) is 1. The van der Waals surface area contributed by atoms with Crippen LogP contribution in [0.4, 0.5) is 0 Å². The minimum absolute atomic E-state index is 0.136. The van der Waals surface area contributed by atoms with Crippen molar-refractivity contribution in [2.75, 3.05) is 0 Å². The number of imidazole rings is 1. The molecule has 3 nitrogen and oxygen atoms in total. The fourth-order valence-corrected chi connectivity index (χ4v) is 2.21. The molecule has 84 valence electrons. The smallest absolute Gasteiger partial charge is 0.0955 e. The maximum absolute atomic E-state index is 6.12. The first-order valence-electron chi connectivity index (χ1n) is 5.86. The number of hydrogen-bond acceptors (Lipinski definition) is 2. The van der Waals surface area contributed by atoms with Gasteiger partial charge in [-0.05, 0) is 37.3 Å². The summed E-state index contributed by atoms with van der Waals surface area (Å²) in [5, 5.41) is 0. The molecular weight excluding hydrogens is 198 g/mol. The summed E-state index contributed by atoms with van der Waals surface area (Å²) in [7, 11) is 2.03. The van der Waals surface area contributed by atoms with E-state index in [1.54, 1.807) is 0 Å². The highest BCUT2D eigenvalue weighted by atomic mass is 15.0. The molecule has 16 heavy (non-hydrogen) atoms.